The van der Waals surface area contributed by atoms with Crippen LogP contribution in [0.1, 0.15) is 30.9 Å². The van der Waals surface area contributed by atoms with Crippen molar-refractivity contribution in [3.05, 3.63) is 78.0 Å². The van der Waals surface area contributed by atoms with E-state index in [2.05, 4.69) is 18.9 Å². The average Bonchev–Trinajstić information content (AvgIpc) is 3.16. The highest BCUT2D eigenvalue weighted by atomic mass is 32.2. The van der Waals surface area contributed by atoms with Gasteiger partial charge in [-0.05, 0) is 35.6 Å². The molecule has 0 saturated carbocycles. The lowest BCUT2D eigenvalue weighted by atomic mass is 10.0. The van der Waals surface area contributed by atoms with Crippen LogP contribution < -0.4 is 4.31 Å². The second kappa shape index (κ2) is 7.96. The molecule has 0 N–H and O–H groups in total. The van der Waals surface area contributed by atoms with E-state index >= 15 is 0 Å². The highest BCUT2D eigenvalue weighted by Gasteiger charge is 2.27. The van der Waals surface area contributed by atoms with E-state index in [-0.39, 0.29) is 10.9 Å². The number of rotatable bonds is 7. The molecule has 0 saturated heterocycles. The van der Waals surface area contributed by atoms with Crippen LogP contribution in [0, 0.1) is 0 Å². The van der Waals surface area contributed by atoms with Crippen molar-refractivity contribution in [3.8, 4) is 0 Å². The van der Waals surface area contributed by atoms with E-state index in [0.717, 1.165) is 17.5 Å². The van der Waals surface area contributed by atoms with E-state index in [1.54, 1.807) is 24.0 Å². The van der Waals surface area contributed by atoms with Crippen LogP contribution in [0.5, 0.6) is 0 Å². The fourth-order valence-electron chi connectivity index (χ4n) is 3.12. The normalized spacial score (nSPS) is 11.7. The summed E-state index contributed by atoms with van der Waals surface area (Å²) in [5.74, 6) is 0.224. The van der Waals surface area contributed by atoms with Crippen LogP contribution in [-0.4, -0.2) is 25.2 Å². The molecule has 5 nitrogen and oxygen atoms in total. The fourth-order valence-corrected chi connectivity index (χ4v) is 4.46. The lowest BCUT2D eigenvalue weighted by molar-refractivity contribution is 0.535. The minimum absolute atomic E-state index is 0.208. The van der Waals surface area contributed by atoms with Gasteiger partial charge in [-0.15, -0.1) is 0 Å². The molecule has 6 heteroatoms. The molecule has 3 aromatic rings. The van der Waals surface area contributed by atoms with E-state index in [9.17, 15) is 8.42 Å². The van der Waals surface area contributed by atoms with Gasteiger partial charge in [0.2, 0.25) is 0 Å². The average molecular weight is 384 g/mol. The van der Waals surface area contributed by atoms with Crippen LogP contribution in [0.4, 0.5) is 5.69 Å². The lowest BCUT2D eigenvalue weighted by Gasteiger charge is -2.24. The molecule has 0 atom stereocenters. The standard InChI is InChI=1S/C21H25N3O2S/c1-17(2)19-11-7-8-12-20(19)23(3)27(25,26)21-13-15-22-24(21)16-14-18-9-5-4-6-10-18/h4-13,15,17H,14,16H2,1-3H3. The quantitative estimate of drug-likeness (QED) is 0.618. The smallest absolute Gasteiger partial charge is 0.268 e. The maximum atomic E-state index is 13.3. The Morgan fingerprint density at radius 3 is 2.37 bits per heavy atom. The molecule has 1 heterocycles. The number of anilines is 1. The molecule has 0 unspecified atom stereocenters. The first-order chi connectivity index (χ1) is 12.9. The zero-order valence-electron chi connectivity index (χ0n) is 15.9. The van der Waals surface area contributed by atoms with Crippen LogP contribution in [0.25, 0.3) is 0 Å². The third kappa shape index (κ3) is 4.06. The zero-order chi connectivity index (χ0) is 19.4. The van der Waals surface area contributed by atoms with Gasteiger partial charge < -0.3 is 0 Å². The van der Waals surface area contributed by atoms with Crippen molar-refractivity contribution in [1.82, 2.24) is 9.78 Å². The number of para-hydroxylation sites is 1. The zero-order valence-corrected chi connectivity index (χ0v) is 16.7. The summed E-state index contributed by atoms with van der Waals surface area (Å²) < 4.78 is 29.5. The van der Waals surface area contributed by atoms with Gasteiger partial charge in [0.15, 0.2) is 5.03 Å². The van der Waals surface area contributed by atoms with E-state index in [0.29, 0.717) is 12.2 Å². The van der Waals surface area contributed by atoms with Crippen LogP contribution in [0.2, 0.25) is 0 Å². The Hall–Kier alpha value is -2.60. The van der Waals surface area contributed by atoms with Crippen molar-refractivity contribution in [2.75, 3.05) is 11.4 Å². The fraction of sp³-hybridized carbons (Fsp3) is 0.286. The summed E-state index contributed by atoms with van der Waals surface area (Å²) in [7, 11) is -2.10. The predicted molar refractivity (Wildman–Crippen MR) is 108 cm³/mol. The number of aromatic nitrogens is 2. The summed E-state index contributed by atoms with van der Waals surface area (Å²) >= 11 is 0. The van der Waals surface area contributed by atoms with Gasteiger partial charge in [-0.1, -0.05) is 62.4 Å². The van der Waals surface area contributed by atoms with Gasteiger partial charge in [0.05, 0.1) is 11.9 Å². The summed E-state index contributed by atoms with van der Waals surface area (Å²) in [6.45, 7) is 4.62. The molecule has 0 radical (unpaired) electrons. The summed E-state index contributed by atoms with van der Waals surface area (Å²) in [5, 5.41) is 4.45. The van der Waals surface area contributed by atoms with Gasteiger partial charge in [-0.3, -0.25) is 8.99 Å². The molecule has 0 aliphatic rings. The molecule has 0 fully saturated rings. The van der Waals surface area contributed by atoms with Gasteiger partial charge in [0, 0.05) is 13.6 Å². The molecule has 27 heavy (non-hydrogen) atoms. The number of hydrogen-bond acceptors (Lipinski definition) is 3. The molecule has 142 valence electrons. The minimum atomic E-state index is -3.71. The third-order valence-corrected chi connectivity index (χ3v) is 6.45. The Balaban J connectivity index is 1.89. The van der Waals surface area contributed by atoms with Crippen molar-refractivity contribution in [1.29, 1.82) is 0 Å². The lowest BCUT2D eigenvalue weighted by Crippen LogP contribution is -2.30. The van der Waals surface area contributed by atoms with Crippen molar-refractivity contribution in [2.24, 2.45) is 0 Å². The Morgan fingerprint density at radius 1 is 1.00 bits per heavy atom. The molecule has 3 rings (SSSR count). The van der Waals surface area contributed by atoms with Gasteiger partial charge in [-0.25, -0.2) is 0 Å². The van der Waals surface area contributed by atoms with Crippen LogP contribution in [0.3, 0.4) is 0 Å². The van der Waals surface area contributed by atoms with Crippen molar-refractivity contribution >= 4 is 15.7 Å². The molecular formula is C21H25N3O2S. The molecule has 2 aromatic carbocycles. The third-order valence-electron chi connectivity index (χ3n) is 4.66. The van der Waals surface area contributed by atoms with Crippen LogP contribution in [0.15, 0.2) is 71.9 Å². The van der Waals surface area contributed by atoms with E-state index < -0.39 is 10.0 Å². The highest BCUT2D eigenvalue weighted by Crippen LogP contribution is 2.30. The molecule has 1 aromatic heterocycles. The maximum Gasteiger partial charge on any atom is 0.281 e. The number of sulfonamides is 1. The number of nitrogens with zero attached hydrogens (tertiary/aromatic N) is 3. The number of benzene rings is 2. The monoisotopic (exact) mass is 383 g/mol. The van der Waals surface area contributed by atoms with Gasteiger partial charge >= 0.3 is 0 Å². The number of aryl methyl sites for hydroxylation is 2. The van der Waals surface area contributed by atoms with E-state index in [1.807, 2.05) is 54.6 Å². The van der Waals surface area contributed by atoms with Crippen LogP contribution >= 0.6 is 0 Å². The van der Waals surface area contributed by atoms with Crippen molar-refractivity contribution < 1.29 is 8.42 Å². The topological polar surface area (TPSA) is 55.2 Å². The van der Waals surface area contributed by atoms with Crippen molar-refractivity contribution in [3.63, 3.8) is 0 Å². The first-order valence-corrected chi connectivity index (χ1v) is 10.5. The van der Waals surface area contributed by atoms with Gasteiger partial charge in [0.25, 0.3) is 10.0 Å². The maximum absolute atomic E-state index is 13.3. The highest BCUT2D eigenvalue weighted by molar-refractivity contribution is 7.92. The summed E-state index contributed by atoms with van der Waals surface area (Å²) in [4.78, 5) is 0. The molecule has 0 aliphatic heterocycles. The summed E-state index contributed by atoms with van der Waals surface area (Å²) in [5.41, 5.74) is 2.84. The second-order valence-corrected chi connectivity index (χ2v) is 8.73. The second-order valence-electron chi connectivity index (χ2n) is 6.81. The molecule has 0 amide bonds. The summed E-state index contributed by atoms with van der Waals surface area (Å²) in [6, 6.07) is 19.2. The SMILES string of the molecule is CC(C)c1ccccc1N(C)S(=O)(=O)c1ccnn1CCc1ccccc1. The van der Waals surface area contributed by atoms with Crippen molar-refractivity contribution in [2.45, 2.75) is 37.8 Å². The van der Waals surface area contributed by atoms with Gasteiger partial charge in [-0.2, -0.15) is 13.5 Å². The van der Waals surface area contributed by atoms with Crippen LogP contribution in [-0.2, 0) is 23.0 Å². The van der Waals surface area contributed by atoms with E-state index in [1.165, 1.54) is 4.31 Å². The largest absolute Gasteiger partial charge is 0.281 e. The van der Waals surface area contributed by atoms with Gasteiger partial charge in [0.1, 0.15) is 0 Å². The number of hydrogen-bond donors (Lipinski definition) is 0. The first kappa shape index (κ1) is 19.2. The Bertz CT molecular complexity index is 995. The van der Waals surface area contributed by atoms with E-state index in [4.69, 9.17) is 0 Å². The molecule has 0 aliphatic carbocycles. The molecule has 0 spiro atoms. The Morgan fingerprint density at radius 2 is 1.67 bits per heavy atom. The Labute approximate surface area is 161 Å². The first-order valence-electron chi connectivity index (χ1n) is 9.05. The molecular weight excluding hydrogens is 358 g/mol. The predicted octanol–water partition coefficient (Wildman–Crippen LogP) is 4.07. The Kier molecular flexibility index (Phi) is 5.65. The molecule has 0 bridgehead atoms. The summed E-state index contributed by atoms with van der Waals surface area (Å²) in [6.07, 6.45) is 2.26. The minimum Gasteiger partial charge on any atom is -0.268 e.